The topological polar surface area (TPSA) is 35.9 Å². The molecule has 0 saturated carbocycles. The predicted octanol–water partition coefficient (Wildman–Crippen LogP) is -0.0848. The molecule has 0 radical (unpaired) electrons. The maximum absolute atomic E-state index is 9.92. The van der Waals surface area contributed by atoms with Crippen LogP contribution in [0.15, 0.2) is 5.29 Å². The van der Waals surface area contributed by atoms with E-state index in [1.54, 1.807) is 5.01 Å². The lowest BCUT2D eigenvalue weighted by molar-refractivity contribution is 0.157. The normalized spacial score (nSPS) is 22.1. The molecule has 0 atom stereocenters. The van der Waals surface area contributed by atoms with E-state index >= 15 is 0 Å². The average Bonchev–Trinajstić information content (AvgIpc) is 1.90. The van der Waals surface area contributed by atoms with Gasteiger partial charge in [-0.3, -0.25) is 5.01 Å². The summed E-state index contributed by atoms with van der Waals surface area (Å²) in [5, 5.41) is 4.39. The summed E-state index contributed by atoms with van der Waals surface area (Å²) in [5.74, 6) is 0. The van der Waals surface area contributed by atoms with Gasteiger partial charge in [0, 0.05) is 13.1 Å². The van der Waals surface area contributed by atoms with E-state index in [1.165, 1.54) is 0 Å². The Kier molecular flexibility index (Phi) is 2.00. The van der Waals surface area contributed by atoms with Gasteiger partial charge in [-0.1, -0.05) is 0 Å². The van der Waals surface area contributed by atoms with Crippen molar-refractivity contribution >= 4 is 0 Å². The third-order valence-electron chi connectivity index (χ3n) is 1.60. The van der Waals surface area contributed by atoms with Gasteiger partial charge in [0.05, 0.1) is 18.4 Å². The number of hydrogen-bond acceptors (Lipinski definition) is 3. The molecule has 0 unspecified atom stereocenters. The van der Waals surface area contributed by atoms with Gasteiger partial charge < -0.3 is 4.90 Å². The molecule has 1 fully saturated rings. The van der Waals surface area contributed by atoms with Gasteiger partial charge in [0.2, 0.25) is 0 Å². The molecule has 0 aromatic carbocycles. The van der Waals surface area contributed by atoms with E-state index in [9.17, 15) is 4.91 Å². The van der Waals surface area contributed by atoms with Crippen LogP contribution in [-0.2, 0) is 0 Å². The fourth-order valence-corrected chi connectivity index (χ4v) is 0.878. The van der Waals surface area contributed by atoms with E-state index in [0.717, 1.165) is 26.2 Å². The van der Waals surface area contributed by atoms with E-state index in [4.69, 9.17) is 0 Å². The Hall–Kier alpha value is -0.640. The molecule has 0 N–H and O–H groups in total. The summed E-state index contributed by atoms with van der Waals surface area (Å²) >= 11 is 0. The highest BCUT2D eigenvalue weighted by atomic mass is 16.4. The van der Waals surface area contributed by atoms with Crippen molar-refractivity contribution in [3.05, 3.63) is 4.91 Å². The number of rotatable bonds is 1. The second-order valence-electron chi connectivity index (χ2n) is 2.34. The van der Waals surface area contributed by atoms with Gasteiger partial charge in [-0.2, -0.15) is 0 Å². The largest absolute Gasteiger partial charge is 0.303 e. The Labute approximate surface area is 54.4 Å². The number of nitroso groups, excluding NO2 is 1. The zero-order valence-corrected chi connectivity index (χ0v) is 5.58. The third kappa shape index (κ3) is 1.64. The number of likely N-dealkylation sites (N-methyl/N-ethyl adjacent to an activating group) is 1. The molecule has 1 aliphatic heterocycles. The van der Waals surface area contributed by atoms with Crippen molar-refractivity contribution in [3.8, 4) is 0 Å². The van der Waals surface area contributed by atoms with Crippen LogP contribution < -0.4 is 0 Å². The number of nitrogens with zero attached hydrogens (tertiary/aromatic N) is 3. The molecule has 0 aromatic heterocycles. The fraction of sp³-hybridized carbons (Fsp3) is 1.00. The molecule has 0 bridgehead atoms. The van der Waals surface area contributed by atoms with Gasteiger partial charge in [-0.25, -0.2) is 0 Å². The molecule has 52 valence electrons. The molecule has 4 heteroatoms. The molecule has 0 amide bonds. The maximum Gasteiger partial charge on any atom is 0.0524 e. The smallest absolute Gasteiger partial charge is 0.0524 e. The SMILES string of the molecule is CN1CC[15N](N=O)CC1. The highest BCUT2D eigenvalue weighted by Crippen LogP contribution is 1.97. The second kappa shape index (κ2) is 2.77. The van der Waals surface area contributed by atoms with E-state index in [-0.39, 0.29) is 0 Å². The zero-order valence-electron chi connectivity index (χ0n) is 5.58. The molecule has 4 nitrogen and oxygen atoms in total. The van der Waals surface area contributed by atoms with Gasteiger partial charge in [-0.15, -0.1) is 4.91 Å². The lowest BCUT2D eigenvalue weighted by atomic mass is 10.4. The maximum atomic E-state index is 9.92. The molecule has 9 heavy (non-hydrogen) atoms. The molecular weight excluding hydrogens is 119 g/mol. The minimum atomic E-state index is 0.778. The van der Waals surface area contributed by atoms with Crippen LogP contribution in [-0.4, -0.2) is 43.1 Å². The Morgan fingerprint density at radius 3 is 2.22 bits per heavy atom. The van der Waals surface area contributed by atoms with Gasteiger partial charge in [0.25, 0.3) is 0 Å². The predicted molar refractivity (Wildman–Crippen MR) is 34.9 cm³/mol. The molecule has 1 saturated heterocycles. The van der Waals surface area contributed by atoms with Crippen LogP contribution in [0.4, 0.5) is 0 Å². The number of piperazine rings is 1. The molecule has 0 spiro atoms. The van der Waals surface area contributed by atoms with Gasteiger partial charge in [-0.05, 0) is 7.05 Å². The lowest BCUT2D eigenvalue weighted by Crippen LogP contribution is -2.41. The first kappa shape index (κ1) is 6.48. The van der Waals surface area contributed by atoms with Crippen molar-refractivity contribution < 1.29 is 0 Å². The van der Waals surface area contributed by atoms with E-state index in [1.807, 2.05) is 7.05 Å². The van der Waals surface area contributed by atoms with Crippen molar-refractivity contribution in [1.29, 1.82) is 0 Å². The lowest BCUT2D eigenvalue weighted by Gasteiger charge is -2.27. The first-order valence-corrected chi connectivity index (χ1v) is 3.09. The van der Waals surface area contributed by atoms with Crippen LogP contribution in [0.3, 0.4) is 0 Å². The summed E-state index contributed by atoms with van der Waals surface area (Å²) in [5.41, 5.74) is 0. The molecule has 1 heterocycles. The Balaban J connectivity index is 2.26. The Morgan fingerprint density at radius 1 is 1.22 bits per heavy atom. The summed E-state index contributed by atoms with van der Waals surface area (Å²) in [4.78, 5) is 12.1. The molecular formula is C5H11N3O. The van der Waals surface area contributed by atoms with Crippen molar-refractivity contribution in [2.75, 3.05) is 33.2 Å². The van der Waals surface area contributed by atoms with Crippen LogP contribution in [0.1, 0.15) is 0 Å². The Bertz CT molecular complexity index is 98.4. The van der Waals surface area contributed by atoms with Crippen molar-refractivity contribution in [1.82, 2.24) is 9.91 Å². The van der Waals surface area contributed by atoms with Gasteiger partial charge >= 0.3 is 0 Å². The van der Waals surface area contributed by atoms with Gasteiger partial charge in [0.1, 0.15) is 0 Å². The third-order valence-corrected chi connectivity index (χ3v) is 1.60. The van der Waals surface area contributed by atoms with Gasteiger partial charge in [0.15, 0.2) is 0 Å². The summed E-state index contributed by atoms with van der Waals surface area (Å²) in [6.07, 6.45) is 0. The van der Waals surface area contributed by atoms with Crippen LogP contribution >= 0.6 is 0 Å². The molecule has 0 aromatic rings. The quantitative estimate of drug-likeness (QED) is 0.368. The highest BCUT2D eigenvalue weighted by molar-refractivity contribution is 4.64. The Morgan fingerprint density at radius 2 is 1.78 bits per heavy atom. The average molecular weight is 130 g/mol. The number of hydrogen-bond donors (Lipinski definition) is 0. The van der Waals surface area contributed by atoms with E-state index in [2.05, 4.69) is 10.2 Å². The van der Waals surface area contributed by atoms with Crippen LogP contribution in [0.2, 0.25) is 0 Å². The minimum absolute atomic E-state index is 0.778. The first-order chi connectivity index (χ1) is 4.33. The fourth-order valence-electron chi connectivity index (χ4n) is 0.878. The molecule has 1 rings (SSSR count). The van der Waals surface area contributed by atoms with E-state index < -0.39 is 0 Å². The monoisotopic (exact) mass is 130 g/mol. The minimum Gasteiger partial charge on any atom is -0.303 e. The standard InChI is InChI=1S/C5H11N3O/c1-7-2-4-8(6-9)5-3-7/h2-5H2,1H3/i8+1. The van der Waals surface area contributed by atoms with Crippen molar-refractivity contribution in [2.45, 2.75) is 0 Å². The van der Waals surface area contributed by atoms with Crippen molar-refractivity contribution in [2.24, 2.45) is 5.29 Å². The zero-order chi connectivity index (χ0) is 6.69. The van der Waals surface area contributed by atoms with Crippen LogP contribution in [0.5, 0.6) is 0 Å². The van der Waals surface area contributed by atoms with E-state index in [0.29, 0.717) is 0 Å². The molecule has 1 aliphatic rings. The first-order valence-electron chi connectivity index (χ1n) is 3.09. The second-order valence-corrected chi connectivity index (χ2v) is 2.34. The van der Waals surface area contributed by atoms with Crippen LogP contribution in [0.25, 0.3) is 0 Å². The highest BCUT2D eigenvalue weighted by Gasteiger charge is 2.11. The summed E-state index contributed by atoms with van der Waals surface area (Å²) in [6.45, 7) is 3.46. The van der Waals surface area contributed by atoms with Crippen molar-refractivity contribution in [3.63, 3.8) is 0 Å². The summed E-state index contributed by atoms with van der Waals surface area (Å²) in [6, 6.07) is 0. The summed E-state index contributed by atoms with van der Waals surface area (Å²) in [7, 11) is 2.04. The van der Waals surface area contributed by atoms with Crippen LogP contribution in [0, 0.1) is 4.91 Å². The molecule has 0 aliphatic carbocycles. The summed E-state index contributed by atoms with van der Waals surface area (Å²) < 4.78 is 0.